The van der Waals surface area contributed by atoms with E-state index >= 15 is 0 Å². The summed E-state index contributed by atoms with van der Waals surface area (Å²) >= 11 is 0. The minimum Gasteiger partial charge on any atom is -0.462 e. The van der Waals surface area contributed by atoms with E-state index in [0.29, 0.717) is 25.7 Å². The summed E-state index contributed by atoms with van der Waals surface area (Å²) in [4.78, 5) is 72.3. The molecule has 0 aliphatic heterocycles. The molecule has 0 fully saturated rings. The molecule has 0 aliphatic carbocycles. The Morgan fingerprint density at radius 2 is 0.541 bits per heavy atom. The molecule has 19 heteroatoms. The van der Waals surface area contributed by atoms with Crippen LogP contribution in [-0.2, 0) is 65.4 Å². The highest BCUT2D eigenvalue weighted by molar-refractivity contribution is 7.47. The lowest BCUT2D eigenvalue weighted by Crippen LogP contribution is -2.30. The van der Waals surface area contributed by atoms with E-state index < -0.39 is 97.5 Å². The van der Waals surface area contributed by atoms with Crippen LogP contribution in [0.25, 0.3) is 0 Å². The molecule has 0 spiro atoms. The van der Waals surface area contributed by atoms with Gasteiger partial charge in [0, 0.05) is 25.7 Å². The first-order chi connectivity index (χ1) is 41.0. The monoisotopic (exact) mass is 1250 g/mol. The Balaban J connectivity index is 5.24. The zero-order valence-corrected chi connectivity index (χ0v) is 56.5. The Labute approximate surface area is 517 Å². The van der Waals surface area contributed by atoms with Gasteiger partial charge in [-0.1, -0.05) is 285 Å². The Bertz CT molecular complexity index is 1650. The number of esters is 4. The van der Waals surface area contributed by atoms with Gasteiger partial charge in [-0.2, -0.15) is 0 Å². The molecular weight excluding hydrogens is 1130 g/mol. The van der Waals surface area contributed by atoms with Gasteiger partial charge >= 0.3 is 39.5 Å². The lowest BCUT2D eigenvalue weighted by atomic mass is 10.0. The second-order valence-corrected chi connectivity index (χ2v) is 27.2. The molecule has 3 N–H and O–H groups in total. The Kier molecular flexibility index (Phi) is 58.3. The molecule has 0 saturated heterocycles. The normalized spacial score (nSPS) is 14.2. The Hall–Kier alpha value is -1.94. The van der Waals surface area contributed by atoms with Crippen molar-refractivity contribution in [3.8, 4) is 0 Å². The van der Waals surface area contributed by atoms with Gasteiger partial charge in [0.05, 0.1) is 26.4 Å². The number of carbonyl (C=O) groups is 4. The molecule has 0 aromatic heterocycles. The molecule has 5 atom stereocenters. The first-order valence-corrected chi connectivity index (χ1v) is 37.6. The van der Waals surface area contributed by atoms with Crippen LogP contribution in [-0.4, -0.2) is 96.7 Å². The Morgan fingerprint density at radius 1 is 0.318 bits per heavy atom. The molecule has 85 heavy (non-hydrogen) atoms. The SMILES string of the molecule is CCCCCCCCCCCCCCC(=O)OC[C@H](COP(=O)(O)OC[C@@H](O)COP(=O)(O)OC[C@@H](COC(=O)CCCCCCCCCCCC)OC(=O)CCCCCCCCCCCCC)OC(=O)CCCCCCCCCCCC(C)C. The standard InChI is InChI=1S/C66H128O17P2/c1-6-9-12-15-18-21-24-26-30-35-40-45-50-64(69)77-56-62(83-66(71)52-47-42-37-32-27-28-33-38-43-48-59(4)5)58-81-85(74,75)79-54-60(67)53-78-84(72,73)80-57-61(55-76-63(68)49-44-39-34-29-23-20-17-14-11-8-3)82-65(70)51-46-41-36-31-25-22-19-16-13-10-7-2/h59-62,67H,6-58H2,1-5H3,(H,72,73)(H,74,75)/t60-,61+,62+/m0/s1. The second kappa shape index (κ2) is 59.7. The van der Waals surface area contributed by atoms with Crippen LogP contribution in [0.15, 0.2) is 0 Å². The summed E-state index contributed by atoms with van der Waals surface area (Å²) in [6.45, 7) is 7.18. The predicted octanol–water partition coefficient (Wildman–Crippen LogP) is 18.6. The van der Waals surface area contributed by atoms with Gasteiger partial charge in [-0.3, -0.25) is 37.3 Å². The van der Waals surface area contributed by atoms with Gasteiger partial charge in [-0.05, 0) is 31.6 Å². The quantitative estimate of drug-likeness (QED) is 0.0222. The molecule has 0 saturated carbocycles. The topological polar surface area (TPSA) is 237 Å². The summed E-state index contributed by atoms with van der Waals surface area (Å²) in [7, 11) is -9.89. The van der Waals surface area contributed by atoms with Gasteiger partial charge in [0.1, 0.15) is 19.3 Å². The summed E-state index contributed by atoms with van der Waals surface area (Å²) in [6, 6.07) is 0. The molecule has 0 aromatic carbocycles. The van der Waals surface area contributed by atoms with E-state index in [0.717, 1.165) is 95.8 Å². The molecule has 0 bridgehead atoms. The van der Waals surface area contributed by atoms with Crippen molar-refractivity contribution < 1.29 is 80.2 Å². The lowest BCUT2D eigenvalue weighted by molar-refractivity contribution is -0.161. The average molecular weight is 1260 g/mol. The van der Waals surface area contributed by atoms with Crippen LogP contribution in [0.3, 0.4) is 0 Å². The van der Waals surface area contributed by atoms with E-state index in [2.05, 4.69) is 34.6 Å². The fourth-order valence-corrected chi connectivity index (χ4v) is 11.5. The predicted molar refractivity (Wildman–Crippen MR) is 340 cm³/mol. The van der Waals surface area contributed by atoms with Gasteiger partial charge in [0.15, 0.2) is 12.2 Å². The van der Waals surface area contributed by atoms with Crippen molar-refractivity contribution in [2.75, 3.05) is 39.6 Å². The van der Waals surface area contributed by atoms with Gasteiger partial charge in [-0.25, -0.2) is 9.13 Å². The van der Waals surface area contributed by atoms with Gasteiger partial charge < -0.3 is 33.8 Å². The molecule has 0 radical (unpaired) electrons. The summed E-state index contributed by atoms with van der Waals surface area (Å²) in [5.74, 6) is -1.39. The van der Waals surface area contributed by atoms with Crippen LogP contribution >= 0.6 is 15.6 Å². The highest BCUT2D eigenvalue weighted by atomic mass is 31.2. The fraction of sp³-hybridized carbons (Fsp3) is 0.939. The van der Waals surface area contributed by atoms with Crippen LogP contribution in [0.1, 0.15) is 336 Å². The van der Waals surface area contributed by atoms with E-state index in [4.69, 9.17) is 37.0 Å². The minimum absolute atomic E-state index is 0.106. The van der Waals surface area contributed by atoms with Gasteiger partial charge in [0.25, 0.3) is 0 Å². The third-order valence-electron chi connectivity index (χ3n) is 15.3. The maximum absolute atomic E-state index is 13.0. The maximum atomic E-state index is 13.0. The molecule has 0 aliphatic rings. The van der Waals surface area contributed by atoms with Crippen LogP contribution in [0.2, 0.25) is 0 Å². The van der Waals surface area contributed by atoms with Crippen molar-refractivity contribution in [1.82, 2.24) is 0 Å². The minimum atomic E-state index is -4.95. The molecule has 504 valence electrons. The smallest absolute Gasteiger partial charge is 0.462 e. The zero-order valence-electron chi connectivity index (χ0n) is 54.7. The lowest BCUT2D eigenvalue weighted by Gasteiger charge is -2.21. The number of phosphoric acid groups is 2. The number of phosphoric ester groups is 2. The molecule has 2 unspecified atom stereocenters. The molecule has 0 rings (SSSR count). The Morgan fingerprint density at radius 3 is 0.800 bits per heavy atom. The maximum Gasteiger partial charge on any atom is 0.472 e. The number of aliphatic hydroxyl groups excluding tert-OH is 1. The number of hydrogen-bond acceptors (Lipinski definition) is 15. The zero-order chi connectivity index (χ0) is 62.8. The summed E-state index contributed by atoms with van der Waals surface area (Å²) in [6.07, 6.45) is 44.3. The highest BCUT2D eigenvalue weighted by Gasteiger charge is 2.30. The molecular formula is C66H128O17P2. The number of ether oxygens (including phenoxy) is 4. The molecule has 0 amide bonds. The van der Waals surface area contributed by atoms with Crippen molar-refractivity contribution in [2.24, 2.45) is 5.92 Å². The third-order valence-corrected chi connectivity index (χ3v) is 17.2. The average Bonchev–Trinajstić information content (AvgIpc) is 3.57. The summed E-state index contributed by atoms with van der Waals surface area (Å²) in [5, 5.41) is 10.6. The number of aliphatic hydroxyl groups is 1. The fourth-order valence-electron chi connectivity index (χ4n) is 9.94. The van der Waals surface area contributed by atoms with E-state index in [1.807, 2.05) is 0 Å². The van der Waals surface area contributed by atoms with Crippen LogP contribution in [0.5, 0.6) is 0 Å². The van der Waals surface area contributed by atoms with Crippen molar-refractivity contribution in [3.05, 3.63) is 0 Å². The van der Waals surface area contributed by atoms with E-state index in [1.165, 1.54) is 161 Å². The van der Waals surface area contributed by atoms with E-state index in [9.17, 15) is 43.2 Å². The highest BCUT2D eigenvalue weighted by Crippen LogP contribution is 2.45. The summed E-state index contributed by atoms with van der Waals surface area (Å²) in [5.41, 5.74) is 0. The third kappa shape index (κ3) is 60.7. The number of rotatable bonds is 66. The van der Waals surface area contributed by atoms with Crippen LogP contribution < -0.4 is 0 Å². The largest absolute Gasteiger partial charge is 0.472 e. The molecule has 0 heterocycles. The van der Waals surface area contributed by atoms with Crippen LogP contribution in [0, 0.1) is 5.92 Å². The summed E-state index contributed by atoms with van der Waals surface area (Å²) < 4.78 is 68.1. The number of carbonyl (C=O) groups excluding carboxylic acids is 4. The van der Waals surface area contributed by atoms with Crippen LogP contribution in [0.4, 0.5) is 0 Å². The first kappa shape index (κ1) is 83.1. The number of hydrogen-bond donors (Lipinski definition) is 3. The van der Waals surface area contributed by atoms with Gasteiger partial charge in [0.2, 0.25) is 0 Å². The van der Waals surface area contributed by atoms with E-state index in [-0.39, 0.29) is 25.7 Å². The molecule has 0 aromatic rings. The first-order valence-electron chi connectivity index (χ1n) is 34.6. The van der Waals surface area contributed by atoms with Gasteiger partial charge in [-0.15, -0.1) is 0 Å². The van der Waals surface area contributed by atoms with Crippen molar-refractivity contribution in [1.29, 1.82) is 0 Å². The number of unbranched alkanes of at least 4 members (excludes halogenated alkanes) is 38. The van der Waals surface area contributed by atoms with Crippen molar-refractivity contribution >= 4 is 39.5 Å². The van der Waals surface area contributed by atoms with Crippen molar-refractivity contribution in [3.63, 3.8) is 0 Å². The second-order valence-electron chi connectivity index (χ2n) is 24.3. The molecule has 17 nitrogen and oxygen atoms in total. The van der Waals surface area contributed by atoms with E-state index in [1.54, 1.807) is 0 Å². The van der Waals surface area contributed by atoms with Crippen molar-refractivity contribution in [2.45, 2.75) is 355 Å².